The van der Waals surface area contributed by atoms with E-state index in [-0.39, 0.29) is 0 Å². The Bertz CT molecular complexity index is 480. The minimum Gasteiger partial charge on any atom is -0.476 e. The van der Waals surface area contributed by atoms with Gasteiger partial charge in [-0.1, -0.05) is 15.9 Å². The van der Waals surface area contributed by atoms with Gasteiger partial charge in [0.1, 0.15) is 0 Å². The Morgan fingerprint density at radius 2 is 2.31 bits per heavy atom. The average molecular weight is 288 g/mol. The van der Waals surface area contributed by atoms with Crippen LogP contribution in [-0.4, -0.2) is 32.0 Å². The van der Waals surface area contributed by atoms with Crippen molar-refractivity contribution in [2.24, 2.45) is 7.05 Å². The quantitative estimate of drug-likeness (QED) is 0.785. The normalized spacial score (nSPS) is 10.7. The summed E-state index contributed by atoms with van der Waals surface area (Å²) in [5.41, 5.74) is 0.805. The van der Waals surface area contributed by atoms with Gasteiger partial charge < -0.3 is 9.26 Å². The standard InChI is InChI=1S/C8H10BrN5O2/c1-3-15-8-5(4-9)6(16-11-8)7-10-12-13-14(7)2/h3-4H2,1-2H3. The second-order valence-electron chi connectivity index (χ2n) is 2.99. The molecule has 0 aliphatic heterocycles. The molecular formula is C8H10BrN5O2. The Hall–Kier alpha value is -1.44. The van der Waals surface area contributed by atoms with E-state index in [4.69, 9.17) is 9.26 Å². The highest BCUT2D eigenvalue weighted by atomic mass is 79.9. The van der Waals surface area contributed by atoms with E-state index in [1.165, 1.54) is 4.68 Å². The number of hydrogen-bond donors (Lipinski definition) is 0. The summed E-state index contributed by atoms with van der Waals surface area (Å²) in [6.07, 6.45) is 0. The fraction of sp³-hybridized carbons (Fsp3) is 0.500. The lowest BCUT2D eigenvalue weighted by atomic mass is 10.2. The first-order valence-corrected chi connectivity index (χ1v) is 5.80. The molecule has 0 spiro atoms. The molecule has 0 atom stereocenters. The van der Waals surface area contributed by atoms with Crippen molar-refractivity contribution in [2.75, 3.05) is 6.61 Å². The monoisotopic (exact) mass is 287 g/mol. The molecule has 0 fully saturated rings. The van der Waals surface area contributed by atoms with Gasteiger partial charge in [0, 0.05) is 12.4 Å². The van der Waals surface area contributed by atoms with Gasteiger partial charge in [0.05, 0.1) is 12.2 Å². The summed E-state index contributed by atoms with van der Waals surface area (Å²) >= 11 is 3.36. The van der Waals surface area contributed by atoms with Crippen molar-refractivity contribution in [3.05, 3.63) is 5.56 Å². The Kier molecular flexibility index (Phi) is 3.18. The van der Waals surface area contributed by atoms with Crippen LogP contribution in [0.2, 0.25) is 0 Å². The zero-order chi connectivity index (χ0) is 11.5. The van der Waals surface area contributed by atoms with Crippen LogP contribution in [0.25, 0.3) is 11.6 Å². The summed E-state index contributed by atoms with van der Waals surface area (Å²) in [5, 5.41) is 15.5. The number of nitrogens with zero attached hydrogens (tertiary/aromatic N) is 5. The molecule has 86 valence electrons. The van der Waals surface area contributed by atoms with Crippen molar-refractivity contribution >= 4 is 15.9 Å². The van der Waals surface area contributed by atoms with Crippen LogP contribution < -0.4 is 4.74 Å². The molecule has 0 amide bonds. The van der Waals surface area contributed by atoms with Gasteiger partial charge >= 0.3 is 0 Å². The molecule has 2 aromatic rings. The van der Waals surface area contributed by atoms with Gasteiger partial charge in [0.2, 0.25) is 11.6 Å². The minimum absolute atomic E-state index is 0.470. The summed E-state index contributed by atoms with van der Waals surface area (Å²) in [4.78, 5) is 0. The van der Waals surface area contributed by atoms with E-state index in [9.17, 15) is 0 Å². The lowest BCUT2D eigenvalue weighted by molar-refractivity contribution is 0.295. The molecule has 0 unspecified atom stereocenters. The van der Waals surface area contributed by atoms with Gasteiger partial charge in [-0.2, -0.15) is 0 Å². The van der Waals surface area contributed by atoms with Gasteiger partial charge in [-0.15, -0.1) is 5.10 Å². The van der Waals surface area contributed by atoms with Crippen molar-refractivity contribution in [1.82, 2.24) is 25.4 Å². The Labute approximate surface area is 99.9 Å². The molecular weight excluding hydrogens is 278 g/mol. The summed E-state index contributed by atoms with van der Waals surface area (Å²) in [6.45, 7) is 2.42. The SMILES string of the molecule is CCOc1noc(-c2nnnn2C)c1CBr. The second kappa shape index (κ2) is 4.60. The van der Waals surface area contributed by atoms with Crippen LogP contribution in [0, 0.1) is 0 Å². The molecule has 2 heterocycles. The molecule has 0 saturated heterocycles. The van der Waals surface area contributed by atoms with Gasteiger partial charge in [0.15, 0.2) is 0 Å². The molecule has 0 saturated carbocycles. The third-order valence-electron chi connectivity index (χ3n) is 1.99. The van der Waals surface area contributed by atoms with Crippen LogP contribution >= 0.6 is 15.9 Å². The third kappa shape index (κ3) is 1.80. The molecule has 2 aromatic heterocycles. The van der Waals surface area contributed by atoms with E-state index in [1.54, 1.807) is 7.05 Å². The fourth-order valence-corrected chi connectivity index (χ4v) is 1.75. The largest absolute Gasteiger partial charge is 0.476 e. The van der Waals surface area contributed by atoms with E-state index in [0.717, 1.165) is 5.56 Å². The van der Waals surface area contributed by atoms with E-state index in [2.05, 4.69) is 36.6 Å². The maximum absolute atomic E-state index is 5.33. The molecule has 7 nitrogen and oxygen atoms in total. The number of hydrogen-bond acceptors (Lipinski definition) is 6. The first-order valence-electron chi connectivity index (χ1n) is 4.68. The molecule has 0 aliphatic carbocycles. The highest BCUT2D eigenvalue weighted by Crippen LogP contribution is 2.30. The van der Waals surface area contributed by atoms with Crippen molar-refractivity contribution in [3.8, 4) is 17.5 Å². The molecule has 0 aliphatic rings. The van der Waals surface area contributed by atoms with Crippen LogP contribution in [0.4, 0.5) is 0 Å². The number of rotatable bonds is 4. The predicted molar refractivity (Wildman–Crippen MR) is 58.1 cm³/mol. The molecule has 8 heteroatoms. The molecule has 0 bridgehead atoms. The number of tetrazole rings is 1. The first-order chi connectivity index (χ1) is 7.77. The lowest BCUT2D eigenvalue weighted by Crippen LogP contribution is -1.97. The van der Waals surface area contributed by atoms with E-state index < -0.39 is 0 Å². The summed E-state index contributed by atoms with van der Waals surface area (Å²) in [6, 6.07) is 0. The Morgan fingerprint density at radius 3 is 2.88 bits per heavy atom. The highest BCUT2D eigenvalue weighted by molar-refractivity contribution is 9.08. The number of ether oxygens (including phenoxy) is 1. The molecule has 16 heavy (non-hydrogen) atoms. The topological polar surface area (TPSA) is 78.9 Å². The van der Waals surface area contributed by atoms with Crippen LogP contribution in [0.15, 0.2) is 4.52 Å². The van der Waals surface area contributed by atoms with Crippen molar-refractivity contribution in [1.29, 1.82) is 0 Å². The molecule has 0 aromatic carbocycles. The third-order valence-corrected chi connectivity index (χ3v) is 2.55. The molecule has 0 N–H and O–H groups in total. The second-order valence-corrected chi connectivity index (χ2v) is 3.55. The van der Waals surface area contributed by atoms with Crippen LogP contribution in [0.5, 0.6) is 5.88 Å². The Morgan fingerprint density at radius 1 is 1.50 bits per heavy atom. The first kappa shape index (κ1) is 11.1. The van der Waals surface area contributed by atoms with Crippen molar-refractivity contribution in [3.63, 3.8) is 0 Å². The van der Waals surface area contributed by atoms with Crippen LogP contribution in [0.3, 0.4) is 0 Å². The lowest BCUT2D eigenvalue weighted by Gasteiger charge is -1.99. The molecule has 0 radical (unpaired) electrons. The van der Waals surface area contributed by atoms with Gasteiger partial charge in [-0.25, -0.2) is 4.68 Å². The number of aryl methyl sites for hydroxylation is 1. The zero-order valence-electron chi connectivity index (χ0n) is 8.84. The number of aromatic nitrogens is 5. The highest BCUT2D eigenvalue weighted by Gasteiger charge is 2.21. The molecule has 2 rings (SSSR count). The fourth-order valence-electron chi connectivity index (χ4n) is 1.26. The summed E-state index contributed by atoms with van der Waals surface area (Å²) < 4.78 is 12.0. The summed E-state index contributed by atoms with van der Waals surface area (Å²) in [7, 11) is 1.73. The van der Waals surface area contributed by atoms with Gasteiger partial charge in [0.25, 0.3) is 5.88 Å². The Balaban J connectivity index is 2.46. The van der Waals surface area contributed by atoms with Gasteiger partial charge in [-0.3, -0.25) is 0 Å². The summed E-state index contributed by atoms with van der Waals surface area (Å²) in [5.74, 6) is 1.51. The van der Waals surface area contributed by atoms with Gasteiger partial charge in [-0.05, 0) is 22.5 Å². The maximum atomic E-state index is 5.33. The van der Waals surface area contributed by atoms with E-state index in [0.29, 0.717) is 29.4 Å². The van der Waals surface area contributed by atoms with E-state index >= 15 is 0 Å². The van der Waals surface area contributed by atoms with E-state index in [1.807, 2.05) is 6.92 Å². The average Bonchev–Trinajstić information content (AvgIpc) is 2.84. The smallest absolute Gasteiger partial charge is 0.258 e. The minimum atomic E-state index is 0.470. The maximum Gasteiger partial charge on any atom is 0.258 e. The zero-order valence-corrected chi connectivity index (χ0v) is 10.4. The number of alkyl halides is 1. The van der Waals surface area contributed by atoms with Crippen LogP contribution in [-0.2, 0) is 12.4 Å². The number of halogens is 1. The predicted octanol–water partition coefficient (Wildman–Crippen LogP) is 1.16. The van der Waals surface area contributed by atoms with Crippen molar-refractivity contribution in [2.45, 2.75) is 12.3 Å². The van der Waals surface area contributed by atoms with Crippen LogP contribution in [0.1, 0.15) is 12.5 Å². The van der Waals surface area contributed by atoms with Crippen molar-refractivity contribution < 1.29 is 9.26 Å².